The molecule has 0 aliphatic carbocycles. The number of halogens is 3. The number of nitrogen functional groups attached to an aromatic ring is 1. The van der Waals surface area contributed by atoms with Crippen LogP contribution in [-0.2, 0) is 4.79 Å². The Morgan fingerprint density at radius 1 is 1.24 bits per heavy atom. The number of carbonyl (C=O) groups excluding carboxylic acids is 1. The smallest absolute Gasteiger partial charge is 0.262 e. The van der Waals surface area contributed by atoms with Crippen LogP contribution in [0, 0.1) is 5.82 Å². The van der Waals surface area contributed by atoms with Gasteiger partial charge in [-0.15, -0.1) is 0 Å². The van der Waals surface area contributed by atoms with Crippen LogP contribution < -0.4 is 15.8 Å². The summed E-state index contributed by atoms with van der Waals surface area (Å²) in [7, 11) is 0. The number of carbonyl (C=O) groups is 1. The van der Waals surface area contributed by atoms with E-state index in [9.17, 15) is 9.18 Å². The average molecular weight is 418 g/mol. The maximum Gasteiger partial charge on any atom is 0.262 e. The Balaban J connectivity index is 2.01. The van der Waals surface area contributed by atoms with E-state index in [2.05, 4.69) is 37.2 Å². The molecule has 0 heterocycles. The molecule has 2 aromatic rings. The Morgan fingerprint density at radius 2 is 1.90 bits per heavy atom. The van der Waals surface area contributed by atoms with Gasteiger partial charge >= 0.3 is 0 Å². The second kappa shape index (κ2) is 6.91. The Labute approximate surface area is 137 Å². The number of nitrogens with one attached hydrogen (secondary N) is 1. The predicted octanol–water partition coefficient (Wildman–Crippen LogP) is 3.95. The summed E-state index contributed by atoms with van der Waals surface area (Å²) in [6, 6.07) is 9.35. The lowest BCUT2D eigenvalue weighted by atomic mass is 10.2. The van der Waals surface area contributed by atoms with Crippen molar-refractivity contribution in [3.05, 3.63) is 51.2 Å². The highest BCUT2D eigenvalue weighted by molar-refractivity contribution is 9.11. The zero-order valence-electron chi connectivity index (χ0n) is 10.7. The minimum Gasteiger partial charge on any atom is -0.481 e. The Kier molecular flexibility index (Phi) is 5.19. The van der Waals surface area contributed by atoms with E-state index in [-0.39, 0.29) is 12.3 Å². The minimum atomic E-state index is -0.556. The van der Waals surface area contributed by atoms with Crippen molar-refractivity contribution in [2.75, 3.05) is 17.7 Å². The van der Waals surface area contributed by atoms with Crippen LogP contribution in [0.2, 0.25) is 0 Å². The molecule has 21 heavy (non-hydrogen) atoms. The van der Waals surface area contributed by atoms with E-state index < -0.39 is 11.7 Å². The SMILES string of the molecule is Nc1ccc(F)c(NC(=O)COc2c(Br)cccc2Br)c1. The first-order chi connectivity index (χ1) is 9.97. The van der Waals surface area contributed by atoms with Gasteiger partial charge in [0.2, 0.25) is 0 Å². The maximum atomic E-state index is 13.5. The molecule has 0 spiro atoms. The lowest BCUT2D eigenvalue weighted by Gasteiger charge is -2.11. The molecule has 7 heteroatoms. The number of benzene rings is 2. The minimum absolute atomic E-state index is 0.0230. The van der Waals surface area contributed by atoms with Gasteiger partial charge in [-0.2, -0.15) is 0 Å². The van der Waals surface area contributed by atoms with Crippen LogP contribution >= 0.6 is 31.9 Å². The zero-order valence-corrected chi connectivity index (χ0v) is 13.9. The van der Waals surface area contributed by atoms with Gasteiger partial charge in [0, 0.05) is 5.69 Å². The van der Waals surface area contributed by atoms with Crippen LogP contribution in [-0.4, -0.2) is 12.5 Å². The molecule has 0 bridgehead atoms. The van der Waals surface area contributed by atoms with Gasteiger partial charge in [-0.1, -0.05) is 6.07 Å². The molecule has 0 aliphatic rings. The molecule has 0 aromatic heterocycles. The normalized spacial score (nSPS) is 10.2. The molecule has 0 radical (unpaired) electrons. The first-order valence-electron chi connectivity index (χ1n) is 5.89. The van der Waals surface area contributed by atoms with Crippen LogP contribution in [0.3, 0.4) is 0 Å². The summed E-state index contributed by atoms with van der Waals surface area (Å²) in [6.45, 7) is -0.255. The Bertz CT molecular complexity index is 660. The van der Waals surface area contributed by atoms with Crippen molar-refractivity contribution in [2.45, 2.75) is 0 Å². The van der Waals surface area contributed by atoms with Crippen LogP contribution in [0.4, 0.5) is 15.8 Å². The molecule has 110 valence electrons. The van der Waals surface area contributed by atoms with Crippen LogP contribution in [0.15, 0.2) is 45.3 Å². The van der Waals surface area contributed by atoms with Crippen LogP contribution in [0.1, 0.15) is 0 Å². The van der Waals surface area contributed by atoms with Gasteiger partial charge in [-0.05, 0) is 62.2 Å². The van der Waals surface area contributed by atoms with E-state index >= 15 is 0 Å². The van der Waals surface area contributed by atoms with E-state index in [1.165, 1.54) is 18.2 Å². The van der Waals surface area contributed by atoms with Crippen molar-refractivity contribution >= 4 is 49.1 Å². The van der Waals surface area contributed by atoms with Gasteiger partial charge in [-0.25, -0.2) is 4.39 Å². The number of ether oxygens (including phenoxy) is 1. The topological polar surface area (TPSA) is 64.3 Å². The summed E-state index contributed by atoms with van der Waals surface area (Å²) in [5.74, 6) is -0.539. The lowest BCUT2D eigenvalue weighted by molar-refractivity contribution is -0.118. The fraction of sp³-hybridized carbons (Fsp3) is 0.0714. The first kappa shape index (κ1) is 15.8. The third-order valence-electron chi connectivity index (χ3n) is 2.53. The van der Waals surface area contributed by atoms with Crippen LogP contribution in [0.25, 0.3) is 0 Å². The maximum absolute atomic E-state index is 13.5. The summed E-state index contributed by atoms with van der Waals surface area (Å²) in [5.41, 5.74) is 5.93. The van der Waals surface area contributed by atoms with Crippen molar-refractivity contribution in [2.24, 2.45) is 0 Å². The monoisotopic (exact) mass is 416 g/mol. The quantitative estimate of drug-likeness (QED) is 0.740. The van der Waals surface area contributed by atoms with Gasteiger partial charge in [-0.3, -0.25) is 4.79 Å². The molecule has 0 saturated carbocycles. The van der Waals surface area contributed by atoms with Gasteiger partial charge in [0.05, 0.1) is 14.6 Å². The summed E-state index contributed by atoms with van der Waals surface area (Å²) in [5, 5.41) is 2.41. The molecule has 0 fully saturated rings. The standard InChI is InChI=1S/C14H11Br2FN2O2/c15-9-2-1-3-10(16)14(9)21-7-13(20)19-12-6-8(18)4-5-11(12)17/h1-6H,7,18H2,(H,19,20). The molecule has 0 saturated heterocycles. The van der Waals surface area contributed by atoms with Crippen LogP contribution in [0.5, 0.6) is 5.75 Å². The second-order valence-electron chi connectivity index (χ2n) is 4.13. The highest BCUT2D eigenvalue weighted by Gasteiger charge is 2.11. The molecule has 0 aliphatic heterocycles. The van der Waals surface area contributed by atoms with Gasteiger partial charge < -0.3 is 15.8 Å². The highest BCUT2D eigenvalue weighted by Crippen LogP contribution is 2.32. The van der Waals surface area contributed by atoms with Gasteiger partial charge in [0.25, 0.3) is 5.91 Å². The van der Waals surface area contributed by atoms with Gasteiger partial charge in [0.15, 0.2) is 6.61 Å². The number of nitrogens with two attached hydrogens (primary N) is 1. The number of rotatable bonds is 4. The second-order valence-corrected chi connectivity index (χ2v) is 5.84. The fourth-order valence-corrected chi connectivity index (χ4v) is 2.81. The predicted molar refractivity (Wildman–Crippen MR) is 86.8 cm³/mol. The number of hydrogen-bond donors (Lipinski definition) is 2. The van der Waals surface area contributed by atoms with Crippen molar-refractivity contribution in [1.82, 2.24) is 0 Å². The third kappa shape index (κ3) is 4.18. The molecule has 4 nitrogen and oxygen atoms in total. The van der Waals surface area contributed by atoms with E-state index in [0.29, 0.717) is 20.4 Å². The number of anilines is 2. The fourth-order valence-electron chi connectivity index (χ4n) is 1.58. The summed E-state index contributed by atoms with van der Waals surface area (Å²) >= 11 is 6.64. The number of amides is 1. The van der Waals surface area contributed by atoms with Crippen molar-refractivity contribution in [3.8, 4) is 5.75 Å². The molecule has 3 N–H and O–H groups in total. The Morgan fingerprint density at radius 3 is 2.57 bits per heavy atom. The molecule has 0 atom stereocenters. The van der Waals surface area contributed by atoms with E-state index in [1.807, 2.05) is 6.07 Å². The lowest BCUT2D eigenvalue weighted by Crippen LogP contribution is -2.21. The van der Waals surface area contributed by atoms with Crippen molar-refractivity contribution < 1.29 is 13.9 Å². The molecular weight excluding hydrogens is 407 g/mol. The van der Waals surface area contributed by atoms with E-state index in [0.717, 1.165) is 0 Å². The number of hydrogen-bond acceptors (Lipinski definition) is 3. The molecular formula is C14H11Br2FN2O2. The molecule has 2 aromatic carbocycles. The Hall–Kier alpha value is -1.60. The molecule has 0 unspecified atom stereocenters. The summed E-state index contributed by atoms with van der Waals surface area (Å²) in [6.07, 6.45) is 0. The van der Waals surface area contributed by atoms with E-state index in [1.54, 1.807) is 12.1 Å². The van der Waals surface area contributed by atoms with Gasteiger partial charge in [0.1, 0.15) is 11.6 Å². The van der Waals surface area contributed by atoms with Crippen molar-refractivity contribution in [3.63, 3.8) is 0 Å². The largest absolute Gasteiger partial charge is 0.481 e. The molecule has 1 amide bonds. The average Bonchev–Trinajstić information content (AvgIpc) is 2.42. The van der Waals surface area contributed by atoms with E-state index in [4.69, 9.17) is 10.5 Å². The zero-order chi connectivity index (χ0) is 15.4. The summed E-state index contributed by atoms with van der Waals surface area (Å²) < 4.78 is 20.3. The first-order valence-corrected chi connectivity index (χ1v) is 7.47. The number of para-hydroxylation sites is 1. The highest BCUT2D eigenvalue weighted by atomic mass is 79.9. The van der Waals surface area contributed by atoms with Crippen molar-refractivity contribution in [1.29, 1.82) is 0 Å². The third-order valence-corrected chi connectivity index (χ3v) is 3.78. The molecule has 2 rings (SSSR count). The summed E-state index contributed by atoms with van der Waals surface area (Å²) in [4.78, 5) is 11.8.